The minimum Gasteiger partial charge on any atom is -0.257 e. The lowest BCUT2D eigenvalue weighted by molar-refractivity contribution is -0.0600. The largest absolute Gasteiger partial charge is 0.431 e. The van der Waals surface area contributed by atoms with Crippen molar-refractivity contribution in [3.05, 3.63) is 59.9 Å². The quantitative estimate of drug-likeness (QED) is 0.821. The van der Waals surface area contributed by atoms with Gasteiger partial charge in [-0.3, -0.25) is 5.01 Å². The van der Waals surface area contributed by atoms with Gasteiger partial charge in [0.1, 0.15) is 11.5 Å². The summed E-state index contributed by atoms with van der Waals surface area (Å²) < 4.78 is 75.1. The smallest absolute Gasteiger partial charge is 0.257 e. The van der Waals surface area contributed by atoms with Crippen LogP contribution in [0.25, 0.3) is 0 Å². The van der Waals surface area contributed by atoms with Gasteiger partial charge in [0.25, 0.3) is 0 Å². The molecule has 0 fully saturated rings. The summed E-state index contributed by atoms with van der Waals surface area (Å²) in [6.07, 6.45) is -5.01. The molecule has 1 unspecified atom stereocenters. The molecule has 1 atom stereocenters. The topological polar surface area (TPSA) is 75.8 Å². The number of anilines is 1. The summed E-state index contributed by atoms with van der Waals surface area (Å²) in [5.74, 6) is -0.507. The molecule has 0 spiro atoms. The fourth-order valence-electron chi connectivity index (χ4n) is 2.65. The van der Waals surface area contributed by atoms with Crippen molar-refractivity contribution in [2.24, 2.45) is 10.2 Å². The molecule has 138 valence electrons. The lowest BCUT2D eigenvalue weighted by Gasteiger charge is -2.24. The predicted molar refractivity (Wildman–Crippen MR) is 87.5 cm³/mol. The van der Waals surface area contributed by atoms with Crippen LogP contribution in [0.2, 0.25) is 0 Å². The highest BCUT2D eigenvalue weighted by Crippen LogP contribution is 2.39. The molecule has 10 heteroatoms. The fourth-order valence-corrected chi connectivity index (χ4v) is 3.17. The summed E-state index contributed by atoms with van der Waals surface area (Å²) in [6.45, 7) is 0. The highest BCUT2D eigenvalue weighted by molar-refractivity contribution is 7.89. The Morgan fingerprint density at radius 3 is 2.12 bits per heavy atom. The highest BCUT2D eigenvalue weighted by Gasteiger charge is 2.43. The third-order valence-corrected chi connectivity index (χ3v) is 4.85. The van der Waals surface area contributed by atoms with Crippen LogP contribution in [0.4, 0.5) is 23.2 Å². The van der Waals surface area contributed by atoms with Gasteiger partial charge in [-0.2, -0.15) is 18.3 Å². The molecule has 5 nitrogen and oxygen atoms in total. The summed E-state index contributed by atoms with van der Waals surface area (Å²) in [5.41, 5.74) is -0.266. The minimum absolute atomic E-state index is 0.168. The molecule has 1 heterocycles. The number of rotatable bonds is 3. The number of hydrogen-bond acceptors (Lipinski definition) is 4. The minimum atomic E-state index is -4.60. The number of hydrazone groups is 1. The van der Waals surface area contributed by atoms with E-state index in [0.717, 1.165) is 17.1 Å². The van der Waals surface area contributed by atoms with E-state index in [2.05, 4.69) is 5.10 Å². The van der Waals surface area contributed by atoms with Crippen LogP contribution in [0.3, 0.4) is 0 Å². The molecule has 0 radical (unpaired) electrons. The van der Waals surface area contributed by atoms with Crippen LogP contribution in [-0.2, 0) is 10.0 Å². The second kappa shape index (κ2) is 6.36. The Morgan fingerprint density at radius 2 is 1.62 bits per heavy atom. The van der Waals surface area contributed by atoms with Crippen LogP contribution >= 0.6 is 0 Å². The number of alkyl halides is 3. The van der Waals surface area contributed by atoms with Gasteiger partial charge in [0, 0.05) is 6.42 Å². The van der Waals surface area contributed by atoms with E-state index >= 15 is 0 Å². The summed E-state index contributed by atoms with van der Waals surface area (Å²) in [4.78, 5) is -0.168. The Balaban J connectivity index is 2.01. The number of primary sulfonamides is 1. The summed E-state index contributed by atoms with van der Waals surface area (Å²) in [5, 5.41) is 9.81. The van der Waals surface area contributed by atoms with Crippen LogP contribution < -0.4 is 10.1 Å². The molecule has 3 rings (SSSR count). The zero-order chi connectivity index (χ0) is 19.1. The average molecular weight is 387 g/mol. The summed E-state index contributed by atoms with van der Waals surface area (Å²) in [7, 11) is -3.92. The van der Waals surface area contributed by atoms with Gasteiger partial charge in [0.05, 0.1) is 16.6 Å². The fraction of sp³-hybridized carbons (Fsp3) is 0.188. The average Bonchev–Trinajstić information content (AvgIpc) is 3.00. The van der Waals surface area contributed by atoms with Crippen molar-refractivity contribution in [1.29, 1.82) is 0 Å². The molecule has 0 aromatic heterocycles. The van der Waals surface area contributed by atoms with Crippen molar-refractivity contribution < 1.29 is 26.0 Å². The van der Waals surface area contributed by atoms with Crippen LogP contribution in [0, 0.1) is 5.82 Å². The monoisotopic (exact) mass is 387 g/mol. The van der Waals surface area contributed by atoms with Crippen molar-refractivity contribution in [3.8, 4) is 0 Å². The maximum Gasteiger partial charge on any atom is 0.431 e. The van der Waals surface area contributed by atoms with Gasteiger partial charge in [-0.05, 0) is 42.0 Å². The van der Waals surface area contributed by atoms with Crippen molar-refractivity contribution in [2.75, 3.05) is 5.01 Å². The Hall–Kier alpha value is -2.46. The molecule has 0 amide bonds. The van der Waals surface area contributed by atoms with Gasteiger partial charge in [-0.15, -0.1) is 0 Å². The van der Waals surface area contributed by atoms with E-state index in [4.69, 9.17) is 5.14 Å². The van der Waals surface area contributed by atoms with E-state index in [1.54, 1.807) is 0 Å². The molecule has 0 saturated heterocycles. The van der Waals surface area contributed by atoms with Gasteiger partial charge < -0.3 is 0 Å². The Kier molecular flexibility index (Phi) is 4.49. The van der Waals surface area contributed by atoms with Crippen molar-refractivity contribution in [3.63, 3.8) is 0 Å². The standard InChI is InChI=1S/C16H13F4N3O2S/c17-11-3-1-10(2-4-11)14-9-15(16(18,19)20)22-23(14)12-5-7-13(8-6-12)26(21,24)25/h1-8,14H,9H2,(H2,21,24,25). The van der Waals surface area contributed by atoms with Crippen molar-refractivity contribution in [2.45, 2.75) is 23.5 Å². The molecule has 1 aliphatic rings. The van der Waals surface area contributed by atoms with E-state index in [0.29, 0.717) is 5.56 Å². The number of nitrogens with two attached hydrogens (primary N) is 1. The number of sulfonamides is 1. The van der Waals surface area contributed by atoms with Gasteiger partial charge in [-0.25, -0.2) is 17.9 Å². The third kappa shape index (κ3) is 3.70. The number of hydrogen-bond donors (Lipinski definition) is 1. The first-order chi connectivity index (χ1) is 12.1. The number of benzene rings is 2. The molecular weight excluding hydrogens is 374 g/mol. The van der Waals surface area contributed by atoms with E-state index in [1.165, 1.54) is 36.4 Å². The molecule has 0 bridgehead atoms. The number of halogens is 4. The predicted octanol–water partition coefficient (Wildman–Crippen LogP) is 3.34. The second-order valence-electron chi connectivity index (χ2n) is 5.70. The molecule has 2 N–H and O–H groups in total. The Labute approximate surface area is 146 Å². The molecule has 26 heavy (non-hydrogen) atoms. The molecule has 2 aromatic carbocycles. The van der Waals surface area contributed by atoms with Gasteiger partial charge in [0.2, 0.25) is 10.0 Å². The Morgan fingerprint density at radius 1 is 1.04 bits per heavy atom. The van der Waals surface area contributed by atoms with Crippen LogP contribution in [0.5, 0.6) is 0 Å². The van der Waals surface area contributed by atoms with Crippen LogP contribution in [-0.4, -0.2) is 20.3 Å². The third-order valence-electron chi connectivity index (χ3n) is 3.92. The first-order valence-electron chi connectivity index (χ1n) is 7.38. The first kappa shape index (κ1) is 18.3. The van der Waals surface area contributed by atoms with E-state index in [-0.39, 0.29) is 10.6 Å². The first-order valence-corrected chi connectivity index (χ1v) is 8.92. The Bertz CT molecular complexity index is 939. The maximum absolute atomic E-state index is 13.1. The SMILES string of the molecule is NS(=O)(=O)c1ccc(N2N=C(C(F)(F)F)CC2c2ccc(F)cc2)cc1. The van der Waals surface area contributed by atoms with E-state index in [9.17, 15) is 26.0 Å². The van der Waals surface area contributed by atoms with Crippen LogP contribution in [0.15, 0.2) is 58.5 Å². The molecule has 0 aliphatic carbocycles. The zero-order valence-electron chi connectivity index (χ0n) is 13.1. The molecule has 0 saturated carbocycles. The zero-order valence-corrected chi connectivity index (χ0v) is 13.9. The van der Waals surface area contributed by atoms with Gasteiger partial charge in [0.15, 0.2) is 0 Å². The summed E-state index contributed by atoms with van der Waals surface area (Å²) >= 11 is 0. The van der Waals surface area contributed by atoms with Gasteiger partial charge in [-0.1, -0.05) is 12.1 Å². The molecule has 2 aromatic rings. The second-order valence-corrected chi connectivity index (χ2v) is 7.26. The maximum atomic E-state index is 13.1. The number of nitrogens with zero attached hydrogens (tertiary/aromatic N) is 2. The lowest BCUT2D eigenvalue weighted by Crippen LogP contribution is -2.21. The molecule has 1 aliphatic heterocycles. The normalized spacial score (nSPS) is 18.1. The van der Waals surface area contributed by atoms with Gasteiger partial charge >= 0.3 is 6.18 Å². The van der Waals surface area contributed by atoms with Crippen molar-refractivity contribution in [1.82, 2.24) is 0 Å². The molecular formula is C16H13F4N3O2S. The lowest BCUT2D eigenvalue weighted by atomic mass is 10.0. The van der Waals surface area contributed by atoms with Crippen LogP contribution in [0.1, 0.15) is 18.0 Å². The summed E-state index contributed by atoms with van der Waals surface area (Å²) in [6, 6.07) is 9.31. The van der Waals surface area contributed by atoms with Crippen molar-refractivity contribution >= 4 is 21.4 Å². The van der Waals surface area contributed by atoms with E-state index in [1.807, 2.05) is 0 Å². The highest BCUT2D eigenvalue weighted by atomic mass is 32.2. The van der Waals surface area contributed by atoms with E-state index < -0.39 is 40.2 Å².